The molecule has 1 fully saturated rings. The van der Waals surface area contributed by atoms with Crippen LogP contribution in [0.15, 0.2) is 12.4 Å². The number of aromatic nitrogens is 2. The fraction of sp³-hybridized carbons (Fsp3) is 0.750. The van der Waals surface area contributed by atoms with Crippen LogP contribution in [0.4, 0.5) is 0 Å². The van der Waals surface area contributed by atoms with Crippen LogP contribution in [-0.4, -0.2) is 42.5 Å². The highest BCUT2D eigenvalue weighted by molar-refractivity contribution is 4.94. The summed E-state index contributed by atoms with van der Waals surface area (Å²) in [6.07, 6.45) is 6.46. The quantitative estimate of drug-likeness (QED) is 0.648. The van der Waals surface area contributed by atoms with Gasteiger partial charge in [-0.25, -0.2) is 4.98 Å². The van der Waals surface area contributed by atoms with Crippen molar-refractivity contribution in [2.75, 3.05) is 26.9 Å². The summed E-state index contributed by atoms with van der Waals surface area (Å²) in [4.78, 5) is 4.35. The minimum Gasteiger partial charge on any atom is -0.382 e. The van der Waals surface area contributed by atoms with Crippen LogP contribution in [0.1, 0.15) is 18.7 Å². The van der Waals surface area contributed by atoms with Crippen LogP contribution in [0.25, 0.3) is 0 Å². The standard InChI is InChI=1S/C12H21N3O2/c1-16-8-9-17-7-6-15-5-4-13-12(15)10-14-11-2-3-11/h4-5,11,14H,2-3,6-10H2,1H3. The largest absolute Gasteiger partial charge is 0.382 e. The molecule has 0 atom stereocenters. The van der Waals surface area contributed by atoms with Crippen molar-refractivity contribution >= 4 is 0 Å². The molecule has 17 heavy (non-hydrogen) atoms. The third kappa shape index (κ3) is 4.46. The number of methoxy groups -OCH3 is 1. The SMILES string of the molecule is COCCOCCn1ccnc1CNC1CC1. The van der Waals surface area contributed by atoms with Gasteiger partial charge in [-0.05, 0) is 12.8 Å². The molecule has 0 spiro atoms. The topological polar surface area (TPSA) is 48.3 Å². The lowest BCUT2D eigenvalue weighted by Crippen LogP contribution is -2.20. The number of rotatable bonds is 9. The van der Waals surface area contributed by atoms with Crippen molar-refractivity contribution in [3.63, 3.8) is 0 Å². The first-order chi connectivity index (χ1) is 8.40. The van der Waals surface area contributed by atoms with Crippen LogP contribution in [0.3, 0.4) is 0 Å². The van der Waals surface area contributed by atoms with E-state index in [0.29, 0.717) is 19.8 Å². The third-order valence-electron chi connectivity index (χ3n) is 2.84. The van der Waals surface area contributed by atoms with Gasteiger partial charge in [0.05, 0.1) is 26.4 Å². The molecule has 1 aromatic heterocycles. The molecule has 1 heterocycles. The van der Waals surface area contributed by atoms with Gasteiger partial charge in [0.15, 0.2) is 0 Å². The Morgan fingerprint density at radius 3 is 3.06 bits per heavy atom. The Morgan fingerprint density at radius 2 is 2.29 bits per heavy atom. The summed E-state index contributed by atoms with van der Waals surface area (Å²) in [5, 5.41) is 3.47. The van der Waals surface area contributed by atoms with Gasteiger partial charge < -0.3 is 19.4 Å². The Labute approximate surface area is 102 Å². The minimum absolute atomic E-state index is 0.653. The molecule has 0 aromatic carbocycles. The molecule has 96 valence electrons. The molecule has 1 N–H and O–H groups in total. The van der Waals surface area contributed by atoms with E-state index >= 15 is 0 Å². The van der Waals surface area contributed by atoms with Crippen LogP contribution in [0.5, 0.6) is 0 Å². The summed E-state index contributed by atoms with van der Waals surface area (Å²) in [6, 6.07) is 0.720. The highest BCUT2D eigenvalue weighted by atomic mass is 16.5. The van der Waals surface area contributed by atoms with E-state index in [4.69, 9.17) is 9.47 Å². The summed E-state index contributed by atoms with van der Waals surface area (Å²) in [6.45, 7) is 3.72. The number of imidazole rings is 1. The Hall–Kier alpha value is -0.910. The summed E-state index contributed by atoms with van der Waals surface area (Å²) in [5.74, 6) is 1.09. The van der Waals surface area contributed by atoms with Crippen LogP contribution in [0.2, 0.25) is 0 Å². The molecule has 1 aliphatic rings. The molecule has 1 saturated carbocycles. The maximum Gasteiger partial charge on any atom is 0.122 e. The first-order valence-corrected chi connectivity index (χ1v) is 6.20. The maximum atomic E-state index is 5.45. The van der Waals surface area contributed by atoms with Crippen molar-refractivity contribution in [1.82, 2.24) is 14.9 Å². The molecule has 5 heteroatoms. The monoisotopic (exact) mass is 239 g/mol. The summed E-state index contributed by atoms with van der Waals surface area (Å²) < 4.78 is 12.5. The fourth-order valence-electron chi connectivity index (χ4n) is 1.64. The van der Waals surface area contributed by atoms with Gasteiger partial charge in [-0.1, -0.05) is 0 Å². The Morgan fingerprint density at radius 1 is 1.41 bits per heavy atom. The van der Waals surface area contributed by atoms with E-state index in [1.165, 1.54) is 12.8 Å². The molecule has 2 rings (SSSR count). The van der Waals surface area contributed by atoms with E-state index in [1.54, 1.807) is 7.11 Å². The average molecular weight is 239 g/mol. The van der Waals surface area contributed by atoms with Gasteiger partial charge in [0.1, 0.15) is 5.82 Å². The van der Waals surface area contributed by atoms with Gasteiger partial charge in [0.25, 0.3) is 0 Å². The lowest BCUT2D eigenvalue weighted by atomic mass is 10.5. The second-order valence-corrected chi connectivity index (χ2v) is 4.30. The predicted molar refractivity (Wildman–Crippen MR) is 64.8 cm³/mol. The highest BCUT2D eigenvalue weighted by Crippen LogP contribution is 2.18. The Balaban J connectivity index is 1.66. The van der Waals surface area contributed by atoms with Crippen molar-refractivity contribution in [2.45, 2.75) is 32.0 Å². The van der Waals surface area contributed by atoms with Gasteiger partial charge in [0, 0.05) is 32.1 Å². The molecule has 1 aromatic rings. The van der Waals surface area contributed by atoms with E-state index in [0.717, 1.165) is 25.0 Å². The van der Waals surface area contributed by atoms with Gasteiger partial charge >= 0.3 is 0 Å². The normalized spacial score (nSPS) is 15.4. The minimum atomic E-state index is 0.653. The van der Waals surface area contributed by atoms with Crippen molar-refractivity contribution in [1.29, 1.82) is 0 Å². The molecular weight excluding hydrogens is 218 g/mol. The molecule has 0 aliphatic heterocycles. The molecule has 0 radical (unpaired) electrons. The number of hydrogen-bond donors (Lipinski definition) is 1. The van der Waals surface area contributed by atoms with E-state index in [1.807, 2.05) is 12.4 Å². The summed E-state index contributed by atoms with van der Waals surface area (Å²) >= 11 is 0. The predicted octanol–water partition coefficient (Wildman–Crippen LogP) is 0.798. The van der Waals surface area contributed by atoms with Gasteiger partial charge in [0.2, 0.25) is 0 Å². The molecule has 0 bridgehead atoms. The maximum absolute atomic E-state index is 5.45. The van der Waals surface area contributed by atoms with Crippen molar-refractivity contribution in [3.05, 3.63) is 18.2 Å². The zero-order valence-corrected chi connectivity index (χ0v) is 10.4. The summed E-state index contributed by atoms with van der Waals surface area (Å²) in [7, 11) is 1.68. The summed E-state index contributed by atoms with van der Waals surface area (Å²) in [5.41, 5.74) is 0. The number of nitrogens with one attached hydrogen (secondary N) is 1. The van der Waals surface area contributed by atoms with E-state index < -0.39 is 0 Å². The Kier molecular flexibility index (Phi) is 4.97. The van der Waals surface area contributed by atoms with Crippen molar-refractivity contribution < 1.29 is 9.47 Å². The molecule has 0 saturated heterocycles. The Bertz CT molecular complexity index is 323. The van der Waals surface area contributed by atoms with Crippen LogP contribution < -0.4 is 5.32 Å². The zero-order chi connectivity index (χ0) is 11.9. The number of nitrogens with zero attached hydrogens (tertiary/aromatic N) is 2. The first-order valence-electron chi connectivity index (χ1n) is 6.20. The second-order valence-electron chi connectivity index (χ2n) is 4.30. The fourth-order valence-corrected chi connectivity index (χ4v) is 1.64. The molecular formula is C12H21N3O2. The van der Waals surface area contributed by atoms with Crippen molar-refractivity contribution in [3.8, 4) is 0 Å². The first kappa shape index (κ1) is 12.5. The number of ether oxygens (including phenoxy) is 2. The van der Waals surface area contributed by atoms with Gasteiger partial charge in [-0.3, -0.25) is 0 Å². The van der Waals surface area contributed by atoms with E-state index in [9.17, 15) is 0 Å². The van der Waals surface area contributed by atoms with E-state index in [-0.39, 0.29) is 0 Å². The molecule has 0 unspecified atom stereocenters. The molecule has 0 amide bonds. The van der Waals surface area contributed by atoms with E-state index in [2.05, 4.69) is 14.9 Å². The smallest absolute Gasteiger partial charge is 0.122 e. The molecule has 1 aliphatic carbocycles. The second kappa shape index (κ2) is 6.74. The lowest BCUT2D eigenvalue weighted by molar-refractivity contribution is 0.0663. The third-order valence-corrected chi connectivity index (χ3v) is 2.84. The van der Waals surface area contributed by atoms with Crippen LogP contribution in [-0.2, 0) is 22.6 Å². The van der Waals surface area contributed by atoms with Crippen molar-refractivity contribution in [2.24, 2.45) is 0 Å². The zero-order valence-electron chi connectivity index (χ0n) is 10.4. The highest BCUT2D eigenvalue weighted by Gasteiger charge is 2.20. The van der Waals surface area contributed by atoms with Crippen LogP contribution in [0, 0.1) is 0 Å². The average Bonchev–Trinajstić information content (AvgIpc) is 3.06. The molecule has 5 nitrogen and oxygen atoms in total. The lowest BCUT2D eigenvalue weighted by Gasteiger charge is -2.09. The van der Waals surface area contributed by atoms with Crippen LogP contribution >= 0.6 is 0 Å². The van der Waals surface area contributed by atoms with Gasteiger partial charge in [-0.15, -0.1) is 0 Å². The number of hydrogen-bond acceptors (Lipinski definition) is 4. The van der Waals surface area contributed by atoms with Gasteiger partial charge in [-0.2, -0.15) is 0 Å².